The Morgan fingerprint density at radius 1 is 1.19 bits per heavy atom. The zero-order valence-electron chi connectivity index (χ0n) is 15.0. The number of carbonyl (C=O) groups excluding carboxylic acids is 1. The quantitative estimate of drug-likeness (QED) is 0.728. The van der Waals surface area contributed by atoms with Crippen molar-refractivity contribution in [2.75, 3.05) is 6.61 Å². The lowest BCUT2D eigenvalue weighted by Crippen LogP contribution is -2.26. The Kier molecular flexibility index (Phi) is 5.31. The van der Waals surface area contributed by atoms with Crippen molar-refractivity contribution in [3.63, 3.8) is 0 Å². The fourth-order valence-electron chi connectivity index (χ4n) is 2.56. The maximum atomic E-state index is 12.4. The van der Waals surface area contributed by atoms with Crippen molar-refractivity contribution in [1.29, 1.82) is 0 Å². The summed E-state index contributed by atoms with van der Waals surface area (Å²) in [6, 6.07) is 14.4. The van der Waals surface area contributed by atoms with Crippen LogP contribution in [-0.2, 0) is 0 Å². The first-order valence-corrected chi connectivity index (χ1v) is 8.51. The Morgan fingerprint density at radius 2 is 1.92 bits per heavy atom. The van der Waals surface area contributed by atoms with Crippen molar-refractivity contribution in [1.82, 2.24) is 15.5 Å². The molecular weight excluding hydrogens is 330 g/mol. The standard InChI is InChI=1S/C20H21N3O3/c1-4-25-16-11-9-15(10-12-16)19(24)21-14(3)20-22-18(23-26-20)17-8-6-5-7-13(17)2/h5-12,14H,4H2,1-3H3,(H,21,24)/t14-/m0/s1. The summed E-state index contributed by atoms with van der Waals surface area (Å²) in [4.78, 5) is 16.8. The number of rotatable bonds is 6. The normalized spacial score (nSPS) is 11.8. The molecule has 1 amide bonds. The summed E-state index contributed by atoms with van der Waals surface area (Å²) in [5.41, 5.74) is 2.51. The van der Waals surface area contributed by atoms with Crippen molar-refractivity contribution >= 4 is 5.91 Å². The Balaban J connectivity index is 1.69. The van der Waals surface area contributed by atoms with E-state index in [2.05, 4.69) is 15.5 Å². The molecule has 3 aromatic rings. The van der Waals surface area contributed by atoms with Gasteiger partial charge in [0.2, 0.25) is 11.7 Å². The van der Waals surface area contributed by atoms with E-state index in [4.69, 9.17) is 9.26 Å². The number of benzene rings is 2. The van der Waals surface area contributed by atoms with Crippen LogP contribution in [0.4, 0.5) is 0 Å². The number of nitrogens with one attached hydrogen (secondary N) is 1. The van der Waals surface area contributed by atoms with Crippen LogP contribution in [0.15, 0.2) is 53.1 Å². The predicted octanol–water partition coefficient (Wildman–Crippen LogP) is 3.93. The second-order valence-corrected chi connectivity index (χ2v) is 5.92. The van der Waals surface area contributed by atoms with Crippen molar-refractivity contribution in [3.05, 3.63) is 65.5 Å². The molecule has 1 heterocycles. The van der Waals surface area contributed by atoms with Crippen LogP contribution in [0.2, 0.25) is 0 Å². The molecule has 3 rings (SSSR count). The maximum absolute atomic E-state index is 12.4. The summed E-state index contributed by atoms with van der Waals surface area (Å²) >= 11 is 0. The molecule has 1 aromatic heterocycles. The number of carbonyl (C=O) groups is 1. The number of nitrogens with zero attached hydrogens (tertiary/aromatic N) is 2. The zero-order chi connectivity index (χ0) is 18.5. The number of aryl methyl sites for hydroxylation is 1. The van der Waals surface area contributed by atoms with Crippen LogP contribution in [0.3, 0.4) is 0 Å². The fraction of sp³-hybridized carbons (Fsp3) is 0.250. The molecule has 0 aliphatic rings. The van der Waals surface area contributed by atoms with Gasteiger partial charge in [0, 0.05) is 11.1 Å². The molecule has 0 saturated carbocycles. The van der Waals surface area contributed by atoms with Crippen LogP contribution in [0, 0.1) is 6.92 Å². The first-order valence-electron chi connectivity index (χ1n) is 8.51. The number of hydrogen-bond acceptors (Lipinski definition) is 5. The molecule has 1 atom stereocenters. The monoisotopic (exact) mass is 351 g/mol. The van der Waals surface area contributed by atoms with E-state index in [1.165, 1.54) is 0 Å². The van der Waals surface area contributed by atoms with Gasteiger partial charge >= 0.3 is 0 Å². The summed E-state index contributed by atoms with van der Waals surface area (Å²) in [5, 5.41) is 6.89. The number of amides is 1. The van der Waals surface area contributed by atoms with Gasteiger partial charge in [0.25, 0.3) is 5.91 Å². The molecular formula is C20H21N3O3. The Hall–Kier alpha value is -3.15. The van der Waals surface area contributed by atoms with Gasteiger partial charge in [-0.1, -0.05) is 29.4 Å². The number of aromatic nitrogens is 2. The molecule has 26 heavy (non-hydrogen) atoms. The summed E-state index contributed by atoms with van der Waals surface area (Å²) in [6.07, 6.45) is 0. The second kappa shape index (κ2) is 7.82. The summed E-state index contributed by atoms with van der Waals surface area (Å²) < 4.78 is 10.7. The smallest absolute Gasteiger partial charge is 0.251 e. The molecule has 6 heteroatoms. The molecule has 134 valence electrons. The van der Waals surface area contributed by atoms with Crippen molar-refractivity contribution in [2.45, 2.75) is 26.8 Å². The van der Waals surface area contributed by atoms with Crippen LogP contribution in [0.1, 0.15) is 41.7 Å². The van der Waals surface area contributed by atoms with Crippen molar-refractivity contribution in [3.8, 4) is 17.1 Å². The summed E-state index contributed by atoms with van der Waals surface area (Å²) in [5.74, 6) is 1.40. The van der Waals surface area contributed by atoms with Crippen LogP contribution in [0.25, 0.3) is 11.4 Å². The third-order valence-corrected chi connectivity index (χ3v) is 3.97. The molecule has 0 fully saturated rings. The average Bonchev–Trinajstić information content (AvgIpc) is 3.13. The summed E-state index contributed by atoms with van der Waals surface area (Å²) in [6.45, 7) is 6.30. The minimum Gasteiger partial charge on any atom is -0.494 e. The minimum atomic E-state index is -0.403. The van der Waals surface area contributed by atoms with E-state index in [0.29, 0.717) is 23.9 Å². The predicted molar refractivity (Wildman–Crippen MR) is 98.0 cm³/mol. The van der Waals surface area contributed by atoms with Crippen LogP contribution < -0.4 is 10.1 Å². The zero-order valence-corrected chi connectivity index (χ0v) is 15.0. The van der Waals surface area contributed by atoms with E-state index >= 15 is 0 Å². The SMILES string of the molecule is CCOc1ccc(C(=O)N[C@@H](C)c2nc(-c3ccccc3C)no2)cc1. The van der Waals surface area contributed by atoms with E-state index in [-0.39, 0.29) is 5.91 Å². The Labute approximate surface area is 152 Å². The first-order chi connectivity index (χ1) is 12.6. The molecule has 0 unspecified atom stereocenters. The highest BCUT2D eigenvalue weighted by atomic mass is 16.5. The number of hydrogen-bond donors (Lipinski definition) is 1. The third kappa shape index (κ3) is 3.91. The molecule has 0 bridgehead atoms. The van der Waals surface area contributed by atoms with Crippen molar-refractivity contribution in [2.24, 2.45) is 0 Å². The van der Waals surface area contributed by atoms with E-state index < -0.39 is 6.04 Å². The first kappa shape index (κ1) is 17.7. The highest BCUT2D eigenvalue weighted by molar-refractivity contribution is 5.94. The lowest BCUT2D eigenvalue weighted by molar-refractivity contribution is 0.0932. The van der Waals surface area contributed by atoms with E-state index in [1.807, 2.05) is 45.0 Å². The van der Waals surface area contributed by atoms with Gasteiger partial charge in [0.1, 0.15) is 11.8 Å². The minimum absolute atomic E-state index is 0.212. The van der Waals surface area contributed by atoms with Crippen LogP contribution in [-0.4, -0.2) is 22.7 Å². The summed E-state index contributed by atoms with van der Waals surface area (Å²) in [7, 11) is 0. The Bertz CT molecular complexity index is 887. The van der Waals surface area contributed by atoms with Gasteiger partial charge < -0.3 is 14.6 Å². The Morgan fingerprint density at radius 3 is 2.62 bits per heavy atom. The van der Waals surface area contributed by atoms with Gasteiger partial charge in [-0.15, -0.1) is 0 Å². The molecule has 0 aliphatic heterocycles. The molecule has 1 N–H and O–H groups in total. The lowest BCUT2D eigenvalue weighted by atomic mass is 10.1. The third-order valence-electron chi connectivity index (χ3n) is 3.97. The lowest BCUT2D eigenvalue weighted by Gasteiger charge is -2.10. The molecule has 6 nitrogen and oxygen atoms in total. The molecule has 0 saturated heterocycles. The molecule has 0 aliphatic carbocycles. The van der Waals surface area contributed by atoms with Crippen LogP contribution in [0.5, 0.6) is 5.75 Å². The van der Waals surface area contributed by atoms with E-state index in [0.717, 1.165) is 16.9 Å². The van der Waals surface area contributed by atoms with Crippen molar-refractivity contribution < 1.29 is 14.1 Å². The molecule has 2 aromatic carbocycles. The van der Waals surface area contributed by atoms with Gasteiger partial charge in [0.15, 0.2) is 0 Å². The number of ether oxygens (including phenoxy) is 1. The highest BCUT2D eigenvalue weighted by Crippen LogP contribution is 2.22. The van der Waals surface area contributed by atoms with Crippen LogP contribution >= 0.6 is 0 Å². The van der Waals surface area contributed by atoms with Gasteiger partial charge in [-0.2, -0.15) is 4.98 Å². The highest BCUT2D eigenvalue weighted by Gasteiger charge is 2.18. The van der Waals surface area contributed by atoms with Gasteiger partial charge in [-0.05, 0) is 50.6 Å². The van der Waals surface area contributed by atoms with Gasteiger partial charge in [-0.3, -0.25) is 4.79 Å². The topological polar surface area (TPSA) is 77.2 Å². The van der Waals surface area contributed by atoms with E-state index in [1.54, 1.807) is 24.3 Å². The molecule has 0 radical (unpaired) electrons. The van der Waals surface area contributed by atoms with Gasteiger partial charge in [0.05, 0.1) is 6.61 Å². The largest absolute Gasteiger partial charge is 0.494 e. The fourth-order valence-corrected chi connectivity index (χ4v) is 2.56. The van der Waals surface area contributed by atoms with Gasteiger partial charge in [-0.25, -0.2) is 0 Å². The van der Waals surface area contributed by atoms with E-state index in [9.17, 15) is 4.79 Å². The maximum Gasteiger partial charge on any atom is 0.251 e. The molecule has 0 spiro atoms. The second-order valence-electron chi connectivity index (χ2n) is 5.92. The average molecular weight is 351 g/mol.